The second kappa shape index (κ2) is 5.06. The summed E-state index contributed by atoms with van der Waals surface area (Å²) in [6.07, 6.45) is 0. The van der Waals surface area contributed by atoms with Crippen LogP contribution in [0.25, 0.3) is 0 Å². The van der Waals surface area contributed by atoms with Gasteiger partial charge in [-0.2, -0.15) is 0 Å². The van der Waals surface area contributed by atoms with Crippen molar-refractivity contribution in [1.29, 1.82) is 0 Å². The van der Waals surface area contributed by atoms with Crippen LogP contribution in [0.4, 0.5) is 5.69 Å². The molecule has 1 atom stereocenters. The second-order valence-corrected chi connectivity index (χ2v) is 4.93. The Kier molecular flexibility index (Phi) is 3.24. The average Bonchev–Trinajstić information content (AvgIpc) is 2.58. The van der Waals surface area contributed by atoms with Gasteiger partial charge in [0.2, 0.25) is 5.91 Å². The molecule has 0 radical (unpaired) electrons. The number of hydrogen-bond acceptors (Lipinski definition) is 3. The van der Waals surface area contributed by atoms with E-state index < -0.39 is 6.04 Å². The molecule has 1 aliphatic rings. The quantitative estimate of drug-likeness (QED) is 0.819. The summed E-state index contributed by atoms with van der Waals surface area (Å²) >= 11 is 5.98. The highest BCUT2D eigenvalue weighted by molar-refractivity contribution is 6.30. The molecular weight excluding hydrogens is 274 g/mol. The molecule has 0 saturated heterocycles. The van der Waals surface area contributed by atoms with E-state index in [1.165, 1.54) is 0 Å². The van der Waals surface area contributed by atoms with Crippen molar-refractivity contribution in [2.45, 2.75) is 13.0 Å². The van der Waals surface area contributed by atoms with Gasteiger partial charge in [-0.15, -0.1) is 0 Å². The Hall–Kier alpha value is -2.20. The zero-order valence-electron chi connectivity index (χ0n) is 10.8. The van der Waals surface area contributed by atoms with Gasteiger partial charge in [0, 0.05) is 5.56 Å². The Balaban J connectivity index is 2.23. The number of hydrogen-bond donors (Lipinski definition) is 1. The zero-order chi connectivity index (χ0) is 14.1. The molecule has 2 aromatic rings. The second-order valence-electron chi connectivity index (χ2n) is 4.54. The van der Waals surface area contributed by atoms with Crippen LogP contribution in [0.15, 0.2) is 47.5 Å². The number of aliphatic imine (C=N–C) groups is 1. The smallest absolute Gasteiger partial charge is 0.248 e. The van der Waals surface area contributed by atoms with Crippen molar-refractivity contribution in [3.63, 3.8) is 0 Å². The molecule has 1 unspecified atom stereocenters. The van der Waals surface area contributed by atoms with Gasteiger partial charge in [-0.25, -0.2) is 4.98 Å². The molecule has 1 N–H and O–H groups in total. The Morgan fingerprint density at radius 1 is 1.15 bits per heavy atom. The molecule has 100 valence electrons. The number of anilines is 1. The van der Waals surface area contributed by atoms with Crippen LogP contribution in [0.5, 0.6) is 0 Å². The lowest BCUT2D eigenvalue weighted by Gasteiger charge is -2.08. The van der Waals surface area contributed by atoms with Crippen LogP contribution in [-0.4, -0.2) is 22.6 Å². The van der Waals surface area contributed by atoms with Gasteiger partial charge < -0.3 is 5.32 Å². The molecule has 0 spiro atoms. The molecule has 4 nitrogen and oxygen atoms in total. The number of pyridine rings is 1. The SMILES string of the molecule is CC1N=C(c2ccccc2)c2nc(Cl)ccc2NC1=O. The summed E-state index contributed by atoms with van der Waals surface area (Å²) in [6, 6.07) is 12.6. The van der Waals surface area contributed by atoms with E-state index >= 15 is 0 Å². The summed E-state index contributed by atoms with van der Waals surface area (Å²) in [5, 5.41) is 3.20. The van der Waals surface area contributed by atoms with Crippen LogP contribution in [0.3, 0.4) is 0 Å². The molecule has 0 saturated carbocycles. The maximum absolute atomic E-state index is 12.0. The number of rotatable bonds is 1. The van der Waals surface area contributed by atoms with Gasteiger partial charge in [-0.1, -0.05) is 41.9 Å². The number of nitrogens with zero attached hydrogens (tertiary/aromatic N) is 2. The van der Waals surface area contributed by atoms with Crippen molar-refractivity contribution in [2.75, 3.05) is 5.32 Å². The van der Waals surface area contributed by atoms with Crippen molar-refractivity contribution in [2.24, 2.45) is 4.99 Å². The fourth-order valence-corrected chi connectivity index (χ4v) is 2.22. The first-order chi connectivity index (χ1) is 9.65. The number of halogens is 1. The van der Waals surface area contributed by atoms with E-state index in [9.17, 15) is 4.79 Å². The van der Waals surface area contributed by atoms with Crippen LogP contribution < -0.4 is 5.32 Å². The summed E-state index contributed by atoms with van der Waals surface area (Å²) in [5.41, 5.74) is 2.81. The fourth-order valence-electron chi connectivity index (χ4n) is 2.07. The molecule has 1 aromatic heterocycles. The zero-order valence-corrected chi connectivity index (χ0v) is 11.6. The summed E-state index contributed by atoms with van der Waals surface area (Å²) < 4.78 is 0. The van der Waals surface area contributed by atoms with E-state index in [0.717, 1.165) is 5.56 Å². The number of aromatic nitrogens is 1. The first-order valence-corrected chi connectivity index (χ1v) is 6.64. The number of benzene rings is 1. The summed E-state index contributed by atoms with van der Waals surface area (Å²) in [5.74, 6) is -0.152. The first kappa shape index (κ1) is 12.8. The molecule has 3 rings (SSSR count). The number of carbonyl (C=O) groups excluding carboxylic acids is 1. The Bertz CT molecular complexity index is 698. The normalized spacial score (nSPS) is 17.8. The first-order valence-electron chi connectivity index (χ1n) is 6.26. The molecule has 0 fully saturated rings. The molecule has 20 heavy (non-hydrogen) atoms. The summed E-state index contributed by atoms with van der Waals surface area (Å²) in [4.78, 5) is 20.8. The highest BCUT2D eigenvalue weighted by Gasteiger charge is 2.23. The number of amides is 1. The van der Waals surface area contributed by atoms with Crippen molar-refractivity contribution in [3.05, 3.63) is 58.9 Å². The topological polar surface area (TPSA) is 54.4 Å². The minimum absolute atomic E-state index is 0.152. The van der Waals surface area contributed by atoms with Crippen molar-refractivity contribution in [3.8, 4) is 0 Å². The monoisotopic (exact) mass is 285 g/mol. The van der Waals surface area contributed by atoms with Gasteiger partial charge in [0.15, 0.2) is 0 Å². The summed E-state index contributed by atoms with van der Waals surface area (Å²) in [6.45, 7) is 1.76. The van der Waals surface area contributed by atoms with E-state index in [0.29, 0.717) is 22.2 Å². The van der Waals surface area contributed by atoms with Crippen LogP contribution in [0.1, 0.15) is 18.2 Å². The third-order valence-corrected chi connectivity index (χ3v) is 3.30. The Morgan fingerprint density at radius 3 is 2.65 bits per heavy atom. The van der Waals surface area contributed by atoms with E-state index in [1.807, 2.05) is 30.3 Å². The van der Waals surface area contributed by atoms with E-state index in [2.05, 4.69) is 15.3 Å². The number of fused-ring (bicyclic) bond motifs is 1. The van der Waals surface area contributed by atoms with Gasteiger partial charge in [0.05, 0.1) is 11.4 Å². The minimum Gasteiger partial charge on any atom is -0.322 e. The third-order valence-electron chi connectivity index (χ3n) is 3.09. The van der Waals surface area contributed by atoms with Gasteiger partial charge in [0.1, 0.15) is 16.9 Å². The van der Waals surface area contributed by atoms with E-state index in [-0.39, 0.29) is 5.91 Å². The van der Waals surface area contributed by atoms with E-state index in [1.54, 1.807) is 19.1 Å². The molecule has 5 heteroatoms. The minimum atomic E-state index is -0.474. The third kappa shape index (κ3) is 2.30. The lowest BCUT2D eigenvalue weighted by atomic mass is 10.1. The average molecular weight is 286 g/mol. The summed E-state index contributed by atoms with van der Waals surface area (Å²) in [7, 11) is 0. The fraction of sp³-hybridized carbons (Fsp3) is 0.133. The van der Waals surface area contributed by atoms with Crippen LogP contribution in [0.2, 0.25) is 5.15 Å². The highest BCUT2D eigenvalue weighted by atomic mass is 35.5. The molecule has 0 bridgehead atoms. The molecule has 1 aromatic carbocycles. The number of carbonyl (C=O) groups is 1. The maximum Gasteiger partial charge on any atom is 0.248 e. The number of nitrogens with one attached hydrogen (secondary N) is 1. The van der Waals surface area contributed by atoms with Crippen molar-refractivity contribution < 1.29 is 4.79 Å². The van der Waals surface area contributed by atoms with Gasteiger partial charge in [-0.3, -0.25) is 9.79 Å². The van der Waals surface area contributed by atoms with Gasteiger partial charge in [-0.05, 0) is 19.1 Å². The predicted octanol–water partition coefficient (Wildman–Crippen LogP) is 2.91. The molecule has 2 heterocycles. The van der Waals surface area contributed by atoms with Gasteiger partial charge >= 0.3 is 0 Å². The Morgan fingerprint density at radius 2 is 1.90 bits per heavy atom. The molecule has 0 aliphatic carbocycles. The van der Waals surface area contributed by atoms with Crippen molar-refractivity contribution >= 4 is 28.9 Å². The van der Waals surface area contributed by atoms with Gasteiger partial charge in [0.25, 0.3) is 0 Å². The molecular formula is C15H12ClN3O. The highest BCUT2D eigenvalue weighted by Crippen LogP contribution is 2.24. The Labute approximate surface area is 121 Å². The predicted molar refractivity (Wildman–Crippen MR) is 79.4 cm³/mol. The van der Waals surface area contributed by atoms with Crippen LogP contribution in [-0.2, 0) is 4.79 Å². The van der Waals surface area contributed by atoms with Crippen molar-refractivity contribution in [1.82, 2.24) is 4.98 Å². The van der Waals surface area contributed by atoms with Crippen LogP contribution >= 0.6 is 11.6 Å². The molecule has 1 amide bonds. The maximum atomic E-state index is 12.0. The molecule has 1 aliphatic heterocycles. The van der Waals surface area contributed by atoms with E-state index in [4.69, 9.17) is 11.6 Å². The lowest BCUT2D eigenvalue weighted by Crippen LogP contribution is -2.22. The lowest BCUT2D eigenvalue weighted by molar-refractivity contribution is -0.116. The standard InChI is InChI=1S/C15H12ClN3O/c1-9-15(20)18-11-7-8-12(16)19-14(11)13(17-9)10-5-3-2-4-6-10/h2-9H,1H3,(H,18,20). The largest absolute Gasteiger partial charge is 0.322 e. The van der Waals surface area contributed by atoms with Crippen LogP contribution in [0, 0.1) is 0 Å².